The van der Waals surface area contributed by atoms with Crippen molar-refractivity contribution in [2.45, 2.75) is 77.2 Å². The highest BCUT2D eigenvalue weighted by atomic mass is 16.3. The minimum atomic E-state index is -0.829. The van der Waals surface area contributed by atoms with Crippen molar-refractivity contribution in [1.82, 2.24) is 10.2 Å². The van der Waals surface area contributed by atoms with Gasteiger partial charge in [-0.15, -0.1) is 0 Å². The van der Waals surface area contributed by atoms with E-state index in [0.717, 1.165) is 25.8 Å². The van der Waals surface area contributed by atoms with Gasteiger partial charge >= 0.3 is 0 Å². The van der Waals surface area contributed by atoms with E-state index >= 15 is 0 Å². The Kier molecular flexibility index (Phi) is 13.9. The first-order valence-electron chi connectivity index (χ1n) is 8.68. The normalized spacial score (nSPS) is 12.6. The lowest BCUT2D eigenvalue weighted by Gasteiger charge is -2.13. The lowest BCUT2D eigenvalue weighted by Crippen LogP contribution is -2.35. The van der Waals surface area contributed by atoms with Crippen molar-refractivity contribution in [3.05, 3.63) is 0 Å². The van der Waals surface area contributed by atoms with Gasteiger partial charge in [-0.2, -0.15) is 0 Å². The smallest absolute Gasteiger partial charge is 0.248 e. The molecule has 0 heterocycles. The van der Waals surface area contributed by atoms with Crippen LogP contribution in [-0.4, -0.2) is 49.2 Å². The number of carbonyl (C=O) groups excluding carboxylic acids is 1. The lowest BCUT2D eigenvalue weighted by atomic mass is 10.1. The summed E-state index contributed by atoms with van der Waals surface area (Å²) in [5, 5.41) is 12.6. The molecule has 126 valence electrons. The molecule has 0 aromatic heterocycles. The van der Waals surface area contributed by atoms with Crippen molar-refractivity contribution in [3.63, 3.8) is 0 Å². The molecule has 4 heteroatoms. The van der Waals surface area contributed by atoms with Crippen LogP contribution in [0.2, 0.25) is 0 Å². The lowest BCUT2D eigenvalue weighted by molar-refractivity contribution is -0.129. The van der Waals surface area contributed by atoms with Gasteiger partial charge in [0, 0.05) is 6.54 Å². The molecule has 21 heavy (non-hydrogen) atoms. The second-order valence-electron chi connectivity index (χ2n) is 6.23. The van der Waals surface area contributed by atoms with E-state index < -0.39 is 6.10 Å². The molecule has 0 aromatic carbocycles. The molecule has 0 bridgehead atoms. The molecule has 1 unspecified atom stereocenters. The van der Waals surface area contributed by atoms with E-state index in [1.807, 2.05) is 14.1 Å². The van der Waals surface area contributed by atoms with Crippen LogP contribution in [0.25, 0.3) is 0 Å². The van der Waals surface area contributed by atoms with Gasteiger partial charge in [0.05, 0.1) is 0 Å². The fraction of sp³-hybridized carbons (Fsp3) is 0.941. The largest absolute Gasteiger partial charge is 0.383 e. The molecule has 0 saturated carbocycles. The van der Waals surface area contributed by atoms with Crippen molar-refractivity contribution in [1.29, 1.82) is 0 Å². The summed E-state index contributed by atoms with van der Waals surface area (Å²) in [6.45, 7) is 3.83. The standard InChI is InChI=1S/C17H36N2O2/c1-4-5-6-7-8-9-10-11-13-16(20)17(21)18-14-12-15-19(2)3/h16,20H,4-15H2,1-3H3,(H,18,21). The average Bonchev–Trinajstić information content (AvgIpc) is 2.45. The van der Waals surface area contributed by atoms with Crippen LogP contribution in [0.15, 0.2) is 0 Å². The fourth-order valence-electron chi connectivity index (χ4n) is 2.33. The van der Waals surface area contributed by atoms with Gasteiger partial charge in [0.2, 0.25) is 5.91 Å². The Morgan fingerprint density at radius 2 is 1.57 bits per heavy atom. The van der Waals surface area contributed by atoms with Gasteiger partial charge in [0.15, 0.2) is 0 Å². The number of nitrogens with one attached hydrogen (secondary N) is 1. The molecule has 0 aliphatic heterocycles. The molecule has 0 aliphatic carbocycles. The number of amides is 1. The maximum absolute atomic E-state index is 11.7. The topological polar surface area (TPSA) is 52.6 Å². The van der Waals surface area contributed by atoms with Crippen LogP contribution in [0.5, 0.6) is 0 Å². The van der Waals surface area contributed by atoms with E-state index in [-0.39, 0.29) is 5.91 Å². The molecule has 2 N–H and O–H groups in total. The van der Waals surface area contributed by atoms with Crippen molar-refractivity contribution in [2.75, 3.05) is 27.2 Å². The van der Waals surface area contributed by atoms with E-state index in [0.29, 0.717) is 13.0 Å². The van der Waals surface area contributed by atoms with Crippen LogP contribution in [0.1, 0.15) is 71.1 Å². The quantitative estimate of drug-likeness (QED) is 0.485. The monoisotopic (exact) mass is 300 g/mol. The molecular formula is C17H36N2O2. The maximum Gasteiger partial charge on any atom is 0.248 e. The third kappa shape index (κ3) is 14.1. The SMILES string of the molecule is CCCCCCCCCCC(O)C(=O)NCCCN(C)C. The second-order valence-corrected chi connectivity index (χ2v) is 6.23. The molecule has 0 radical (unpaired) electrons. The molecule has 0 aromatic rings. The number of hydrogen-bond donors (Lipinski definition) is 2. The van der Waals surface area contributed by atoms with Crippen LogP contribution in [-0.2, 0) is 4.79 Å². The molecular weight excluding hydrogens is 264 g/mol. The Labute approximate surface area is 131 Å². The van der Waals surface area contributed by atoms with E-state index in [4.69, 9.17) is 0 Å². The van der Waals surface area contributed by atoms with E-state index in [1.165, 1.54) is 38.5 Å². The predicted molar refractivity (Wildman–Crippen MR) is 89.4 cm³/mol. The summed E-state index contributed by atoms with van der Waals surface area (Å²) < 4.78 is 0. The van der Waals surface area contributed by atoms with E-state index in [1.54, 1.807) is 0 Å². The molecule has 0 saturated heterocycles. The van der Waals surface area contributed by atoms with Crippen molar-refractivity contribution in [3.8, 4) is 0 Å². The third-order valence-electron chi connectivity index (χ3n) is 3.72. The van der Waals surface area contributed by atoms with Crippen molar-refractivity contribution in [2.24, 2.45) is 0 Å². The van der Waals surface area contributed by atoms with Crippen LogP contribution >= 0.6 is 0 Å². The number of aliphatic hydroxyl groups is 1. The molecule has 0 aliphatic rings. The number of nitrogens with zero attached hydrogens (tertiary/aromatic N) is 1. The summed E-state index contributed by atoms with van der Waals surface area (Å²) in [7, 11) is 4.03. The highest BCUT2D eigenvalue weighted by Gasteiger charge is 2.13. The number of hydrogen-bond acceptors (Lipinski definition) is 3. The molecule has 1 atom stereocenters. The van der Waals surface area contributed by atoms with Crippen LogP contribution in [0.4, 0.5) is 0 Å². The first-order valence-corrected chi connectivity index (χ1v) is 8.68. The van der Waals surface area contributed by atoms with Crippen LogP contribution in [0.3, 0.4) is 0 Å². The van der Waals surface area contributed by atoms with Crippen LogP contribution < -0.4 is 5.32 Å². The Morgan fingerprint density at radius 1 is 1.00 bits per heavy atom. The van der Waals surface area contributed by atoms with Gasteiger partial charge in [0.1, 0.15) is 6.10 Å². The summed E-state index contributed by atoms with van der Waals surface area (Å²) >= 11 is 0. The molecule has 0 spiro atoms. The second kappa shape index (κ2) is 14.3. The van der Waals surface area contributed by atoms with Crippen molar-refractivity contribution < 1.29 is 9.90 Å². The minimum absolute atomic E-state index is 0.211. The Morgan fingerprint density at radius 3 is 2.14 bits per heavy atom. The van der Waals surface area contributed by atoms with Gasteiger partial charge in [-0.05, 0) is 33.5 Å². The summed E-state index contributed by atoms with van der Waals surface area (Å²) in [6, 6.07) is 0. The van der Waals surface area contributed by atoms with Crippen molar-refractivity contribution >= 4 is 5.91 Å². The summed E-state index contributed by atoms with van der Waals surface area (Å²) in [4.78, 5) is 13.7. The fourth-order valence-corrected chi connectivity index (χ4v) is 2.33. The highest BCUT2D eigenvalue weighted by molar-refractivity contribution is 5.80. The van der Waals surface area contributed by atoms with Gasteiger partial charge in [0.25, 0.3) is 0 Å². The maximum atomic E-state index is 11.7. The number of aliphatic hydroxyl groups excluding tert-OH is 1. The van der Waals surface area contributed by atoms with Gasteiger partial charge in [-0.1, -0.05) is 58.3 Å². The zero-order valence-electron chi connectivity index (χ0n) is 14.4. The van der Waals surface area contributed by atoms with Gasteiger partial charge in [-0.3, -0.25) is 4.79 Å². The van der Waals surface area contributed by atoms with E-state index in [2.05, 4.69) is 17.1 Å². The number of rotatable bonds is 14. The highest BCUT2D eigenvalue weighted by Crippen LogP contribution is 2.10. The molecule has 0 fully saturated rings. The zero-order valence-corrected chi connectivity index (χ0v) is 14.4. The molecule has 0 rings (SSSR count). The molecule has 1 amide bonds. The summed E-state index contributed by atoms with van der Waals surface area (Å²) in [5.41, 5.74) is 0. The third-order valence-corrected chi connectivity index (χ3v) is 3.72. The Balaban J connectivity index is 3.39. The Bertz CT molecular complexity index is 245. The average molecular weight is 300 g/mol. The number of unbranched alkanes of at least 4 members (excludes halogenated alkanes) is 7. The van der Waals surface area contributed by atoms with Gasteiger partial charge in [-0.25, -0.2) is 0 Å². The number of carbonyl (C=O) groups is 1. The van der Waals surface area contributed by atoms with Gasteiger partial charge < -0.3 is 15.3 Å². The summed E-state index contributed by atoms with van der Waals surface area (Å²) in [6.07, 6.45) is 10.5. The summed E-state index contributed by atoms with van der Waals surface area (Å²) in [5.74, 6) is -0.211. The first-order chi connectivity index (χ1) is 10.1. The first kappa shape index (κ1) is 20.4. The zero-order chi connectivity index (χ0) is 15.9. The minimum Gasteiger partial charge on any atom is -0.383 e. The van der Waals surface area contributed by atoms with Crippen LogP contribution in [0, 0.1) is 0 Å². The predicted octanol–water partition coefficient (Wildman–Crippen LogP) is 2.95. The van der Waals surface area contributed by atoms with E-state index in [9.17, 15) is 9.90 Å². The molecule has 4 nitrogen and oxygen atoms in total. The Hall–Kier alpha value is -0.610.